The van der Waals surface area contributed by atoms with E-state index in [0.717, 1.165) is 11.3 Å². The molecule has 3 aromatic rings. The third-order valence-electron chi connectivity index (χ3n) is 4.90. The average molecular weight is 429 g/mol. The molecule has 2 heterocycles. The molecule has 6 nitrogen and oxygen atoms in total. The number of nitrogens with one attached hydrogen (secondary N) is 1. The van der Waals surface area contributed by atoms with Crippen LogP contribution in [0.1, 0.15) is 16.1 Å². The van der Waals surface area contributed by atoms with Crippen molar-refractivity contribution in [2.45, 2.75) is 13.1 Å². The second-order valence-corrected chi connectivity index (χ2v) is 7.54. The van der Waals surface area contributed by atoms with E-state index in [9.17, 15) is 9.59 Å². The summed E-state index contributed by atoms with van der Waals surface area (Å²) >= 11 is 12.5. The van der Waals surface area contributed by atoms with E-state index in [4.69, 9.17) is 28.9 Å². The number of rotatable bonds is 3. The van der Waals surface area contributed by atoms with Gasteiger partial charge in [0.2, 0.25) is 0 Å². The molecule has 0 saturated heterocycles. The van der Waals surface area contributed by atoms with Gasteiger partial charge in [-0.05, 0) is 23.8 Å². The van der Waals surface area contributed by atoms with Crippen molar-refractivity contribution in [1.82, 2.24) is 9.47 Å². The van der Waals surface area contributed by atoms with Crippen LogP contribution in [-0.4, -0.2) is 28.0 Å². The zero-order chi connectivity index (χ0) is 20.5. The summed E-state index contributed by atoms with van der Waals surface area (Å²) in [4.78, 5) is 26.5. The van der Waals surface area contributed by atoms with Crippen LogP contribution in [0.3, 0.4) is 0 Å². The van der Waals surface area contributed by atoms with E-state index in [0.29, 0.717) is 34.5 Å². The maximum Gasteiger partial charge on any atom is 0.322 e. The van der Waals surface area contributed by atoms with E-state index in [1.165, 1.54) is 0 Å². The van der Waals surface area contributed by atoms with Gasteiger partial charge < -0.3 is 20.5 Å². The lowest BCUT2D eigenvalue weighted by molar-refractivity contribution is 0.0997. The fourth-order valence-electron chi connectivity index (χ4n) is 3.60. The summed E-state index contributed by atoms with van der Waals surface area (Å²) in [6.07, 6.45) is 0. The van der Waals surface area contributed by atoms with Crippen molar-refractivity contribution in [2.24, 2.45) is 5.73 Å². The summed E-state index contributed by atoms with van der Waals surface area (Å²) in [6, 6.07) is 16.2. The van der Waals surface area contributed by atoms with Crippen LogP contribution >= 0.6 is 23.2 Å². The Labute approximate surface area is 177 Å². The van der Waals surface area contributed by atoms with E-state index < -0.39 is 5.91 Å². The summed E-state index contributed by atoms with van der Waals surface area (Å²) in [7, 11) is 0. The van der Waals surface area contributed by atoms with Crippen molar-refractivity contribution in [3.05, 3.63) is 75.9 Å². The summed E-state index contributed by atoms with van der Waals surface area (Å²) in [6.45, 7) is 1.18. The number of carbonyl (C=O) groups is 2. The number of benzene rings is 2. The largest absolute Gasteiger partial charge is 0.365 e. The van der Waals surface area contributed by atoms with Crippen LogP contribution in [-0.2, 0) is 13.1 Å². The lowest BCUT2D eigenvalue weighted by atomic mass is 10.1. The fraction of sp³-hybridized carbons (Fsp3) is 0.143. The fourth-order valence-corrected chi connectivity index (χ4v) is 4.20. The molecular weight excluding hydrogens is 411 g/mol. The highest BCUT2D eigenvalue weighted by Gasteiger charge is 2.31. The maximum atomic E-state index is 12.7. The lowest BCUT2D eigenvalue weighted by Gasteiger charge is -2.30. The second kappa shape index (κ2) is 7.81. The number of primary amides is 1. The van der Waals surface area contributed by atoms with Crippen LogP contribution in [0.25, 0.3) is 11.3 Å². The number of fused-ring (bicyclic) bond motifs is 1. The number of nitrogens with zero attached hydrogens (tertiary/aromatic N) is 2. The first-order valence-corrected chi connectivity index (χ1v) is 9.79. The first-order chi connectivity index (χ1) is 14.0. The van der Waals surface area contributed by atoms with Crippen molar-refractivity contribution in [3.63, 3.8) is 0 Å². The molecule has 0 bridgehead atoms. The van der Waals surface area contributed by atoms with Crippen molar-refractivity contribution < 1.29 is 9.59 Å². The Hall–Kier alpha value is -2.96. The topological polar surface area (TPSA) is 80.4 Å². The van der Waals surface area contributed by atoms with Crippen molar-refractivity contribution in [2.75, 3.05) is 11.9 Å². The van der Waals surface area contributed by atoms with Crippen molar-refractivity contribution in [1.29, 1.82) is 0 Å². The number of anilines is 1. The Kier molecular flexibility index (Phi) is 5.22. The molecular formula is C21H18Cl2N4O2. The SMILES string of the molecule is NC(=O)c1c(Cl)c(-c2ccccc2)n2c1CN(C(=O)Nc1cccc(Cl)c1)CC2. The Morgan fingerprint density at radius 2 is 1.76 bits per heavy atom. The van der Waals surface area contributed by atoms with E-state index in [-0.39, 0.29) is 18.1 Å². The number of hydrogen-bond donors (Lipinski definition) is 2. The van der Waals surface area contributed by atoms with Gasteiger partial charge in [-0.3, -0.25) is 4.79 Å². The molecule has 0 unspecified atom stereocenters. The highest BCUT2D eigenvalue weighted by Crippen LogP contribution is 2.37. The first kappa shape index (κ1) is 19.4. The van der Waals surface area contributed by atoms with Crippen LogP contribution in [0.15, 0.2) is 54.6 Å². The summed E-state index contributed by atoms with van der Waals surface area (Å²) in [5.74, 6) is -0.613. The molecule has 29 heavy (non-hydrogen) atoms. The molecule has 1 aliphatic heterocycles. The standard InChI is InChI=1S/C21H18Cl2N4O2/c22-14-7-4-8-15(11-14)25-21(29)26-9-10-27-16(12-26)17(20(24)28)18(23)19(27)13-5-2-1-3-6-13/h1-8,11H,9-10,12H2,(H2,24,28)(H,25,29). The van der Waals surface area contributed by atoms with Gasteiger partial charge in [0.05, 0.1) is 28.5 Å². The number of nitrogens with two attached hydrogens (primary N) is 1. The van der Waals surface area contributed by atoms with Crippen LogP contribution in [0, 0.1) is 0 Å². The Morgan fingerprint density at radius 1 is 1.00 bits per heavy atom. The summed E-state index contributed by atoms with van der Waals surface area (Å²) < 4.78 is 1.97. The van der Waals surface area contributed by atoms with Crippen molar-refractivity contribution >= 4 is 40.8 Å². The molecule has 1 aromatic heterocycles. The van der Waals surface area contributed by atoms with Gasteiger partial charge in [0.15, 0.2) is 0 Å². The molecule has 0 atom stereocenters. The van der Waals surface area contributed by atoms with Gasteiger partial charge in [-0.1, -0.05) is 59.6 Å². The summed E-state index contributed by atoms with van der Waals surface area (Å²) in [5, 5.41) is 3.68. The predicted octanol–water partition coefficient (Wildman–Crippen LogP) is 4.61. The predicted molar refractivity (Wildman–Crippen MR) is 114 cm³/mol. The third kappa shape index (κ3) is 3.69. The smallest absolute Gasteiger partial charge is 0.322 e. The molecule has 0 spiro atoms. The highest BCUT2D eigenvalue weighted by molar-refractivity contribution is 6.36. The van der Waals surface area contributed by atoms with Gasteiger partial charge >= 0.3 is 6.03 Å². The molecule has 4 rings (SSSR count). The lowest BCUT2D eigenvalue weighted by Crippen LogP contribution is -2.41. The minimum Gasteiger partial charge on any atom is -0.365 e. The number of halogens is 2. The van der Waals surface area contributed by atoms with Gasteiger partial charge in [0, 0.05) is 23.8 Å². The Bertz CT molecular complexity index is 1100. The van der Waals surface area contributed by atoms with Crippen LogP contribution in [0.4, 0.5) is 10.5 Å². The Morgan fingerprint density at radius 3 is 2.45 bits per heavy atom. The Balaban J connectivity index is 1.67. The van der Waals surface area contributed by atoms with E-state index in [2.05, 4.69) is 5.32 Å². The molecule has 148 valence electrons. The highest BCUT2D eigenvalue weighted by atomic mass is 35.5. The second-order valence-electron chi connectivity index (χ2n) is 6.73. The van der Waals surface area contributed by atoms with Gasteiger partial charge in [-0.2, -0.15) is 0 Å². The molecule has 0 radical (unpaired) electrons. The number of carbonyl (C=O) groups excluding carboxylic acids is 2. The van der Waals surface area contributed by atoms with E-state index >= 15 is 0 Å². The van der Waals surface area contributed by atoms with Crippen LogP contribution in [0.2, 0.25) is 10.0 Å². The first-order valence-electron chi connectivity index (χ1n) is 9.03. The zero-order valence-electron chi connectivity index (χ0n) is 15.4. The van der Waals surface area contributed by atoms with Gasteiger partial charge in [-0.25, -0.2) is 4.79 Å². The van der Waals surface area contributed by atoms with Gasteiger partial charge in [-0.15, -0.1) is 0 Å². The molecule has 0 saturated carbocycles. The number of urea groups is 1. The molecule has 8 heteroatoms. The number of aromatic nitrogens is 1. The average Bonchev–Trinajstić information content (AvgIpc) is 2.99. The maximum absolute atomic E-state index is 12.7. The minimum atomic E-state index is -0.613. The molecule has 0 fully saturated rings. The molecule has 1 aliphatic rings. The zero-order valence-corrected chi connectivity index (χ0v) is 16.9. The quantitative estimate of drug-likeness (QED) is 0.638. The minimum absolute atomic E-state index is 0.219. The van der Waals surface area contributed by atoms with Gasteiger partial charge in [0.1, 0.15) is 0 Å². The van der Waals surface area contributed by atoms with Gasteiger partial charge in [0.25, 0.3) is 5.91 Å². The van der Waals surface area contributed by atoms with E-state index in [1.54, 1.807) is 29.2 Å². The molecule has 2 aromatic carbocycles. The third-order valence-corrected chi connectivity index (χ3v) is 5.51. The van der Waals surface area contributed by atoms with E-state index in [1.807, 2.05) is 34.9 Å². The normalized spacial score (nSPS) is 13.1. The van der Waals surface area contributed by atoms with Crippen LogP contribution < -0.4 is 11.1 Å². The molecule has 3 amide bonds. The van der Waals surface area contributed by atoms with Crippen molar-refractivity contribution in [3.8, 4) is 11.3 Å². The molecule has 0 aliphatic carbocycles. The number of hydrogen-bond acceptors (Lipinski definition) is 2. The monoisotopic (exact) mass is 428 g/mol. The molecule has 3 N–H and O–H groups in total. The summed E-state index contributed by atoms with van der Waals surface area (Å²) in [5.41, 5.74) is 8.74. The van der Waals surface area contributed by atoms with Crippen LogP contribution in [0.5, 0.6) is 0 Å². The number of amides is 3.